The highest BCUT2D eigenvalue weighted by atomic mass is 16.5. The van der Waals surface area contributed by atoms with E-state index in [1.165, 1.54) is 17.3 Å². The van der Waals surface area contributed by atoms with Crippen LogP contribution in [0.15, 0.2) is 36.5 Å². The summed E-state index contributed by atoms with van der Waals surface area (Å²) in [6.45, 7) is 3.77. The highest BCUT2D eigenvalue weighted by molar-refractivity contribution is 6.03. The van der Waals surface area contributed by atoms with E-state index in [4.69, 9.17) is 4.74 Å². The summed E-state index contributed by atoms with van der Waals surface area (Å²) >= 11 is 0. The fraction of sp³-hybridized carbons (Fsp3) is 0.435. The first-order chi connectivity index (χ1) is 14.9. The Morgan fingerprint density at radius 2 is 2.13 bits per heavy atom. The molecular formula is C23H26N4O4. The topological polar surface area (TPSA) is 104 Å². The molecule has 1 spiro atoms. The van der Waals surface area contributed by atoms with Crippen LogP contribution in [0.4, 0.5) is 5.69 Å². The van der Waals surface area contributed by atoms with E-state index in [-0.39, 0.29) is 24.4 Å². The first kappa shape index (κ1) is 20.0. The first-order valence-corrected chi connectivity index (χ1v) is 10.7. The normalized spacial score (nSPS) is 20.6. The molecule has 3 aliphatic rings. The molecule has 3 heterocycles. The van der Waals surface area contributed by atoms with Crippen LogP contribution in [0, 0.1) is 0 Å². The van der Waals surface area contributed by atoms with Crippen LogP contribution in [-0.2, 0) is 17.8 Å². The monoisotopic (exact) mass is 422 g/mol. The van der Waals surface area contributed by atoms with Crippen LogP contribution in [0.5, 0.6) is 5.88 Å². The third-order valence-electron chi connectivity index (χ3n) is 6.54. The first-order valence-electron chi connectivity index (χ1n) is 10.7. The van der Waals surface area contributed by atoms with Gasteiger partial charge in [0.25, 0.3) is 11.8 Å². The number of nitrogens with zero attached hydrogens (tertiary/aromatic N) is 2. The van der Waals surface area contributed by atoms with Crippen LogP contribution in [0.25, 0.3) is 0 Å². The van der Waals surface area contributed by atoms with Crippen molar-refractivity contribution in [2.45, 2.75) is 50.5 Å². The average Bonchev–Trinajstić information content (AvgIpc) is 3.57. The van der Waals surface area contributed by atoms with Crippen molar-refractivity contribution in [3.05, 3.63) is 53.2 Å². The van der Waals surface area contributed by atoms with Crippen molar-refractivity contribution in [1.82, 2.24) is 15.2 Å². The second-order valence-corrected chi connectivity index (χ2v) is 8.63. The van der Waals surface area contributed by atoms with Crippen LogP contribution in [0.1, 0.15) is 41.3 Å². The quantitative estimate of drug-likeness (QED) is 0.675. The van der Waals surface area contributed by atoms with E-state index in [1.54, 1.807) is 6.07 Å². The van der Waals surface area contributed by atoms with Crippen LogP contribution < -0.4 is 15.4 Å². The molecule has 2 amide bonds. The van der Waals surface area contributed by atoms with Crippen molar-refractivity contribution in [2.24, 2.45) is 0 Å². The number of anilines is 1. The van der Waals surface area contributed by atoms with Gasteiger partial charge < -0.3 is 20.5 Å². The van der Waals surface area contributed by atoms with E-state index in [9.17, 15) is 14.7 Å². The van der Waals surface area contributed by atoms with Crippen LogP contribution >= 0.6 is 0 Å². The number of fused-ring (bicyclic) bond motifs is 2. The minimum Gasteiger partial charge on any atom is -0.459 e. The number of ether oxygens (including phenoxy) is 1. The summed E-state index contributed by atoms with van der Waals surface area (Å²) in [5.41, 5.74) is 2.59. The van der Waals surface area contributed by atoms with Gasteiger partial charge in [0, 0.05) is 44.7 Å². The number of rotatable bonds is 5. The van der Waals surface area contributed by atoms with Gasteiger partial charge in [0.2, 0.25) is 5.88 Å². The van der Waals surface area contributed by atoms with Gasteiger partial charge in [-0.25, -0.2) is 4.98 Å². The molecule has 1 fully saturated rings. The summed E-state index contributed by atoms with van der Waals surface area (Å²) in [4.78, 5) is 31.2. The van der Waals surface area contributed by atoms with Gasteiger partial charge in [-0.15, -0.1) is 0 Å². The number of aliphatic hydroxyl groups is 1. The number of benzene rings is 1. The second-order valence-electron chi connectivity index (χ2n) is 8.63. The van der Waals surface area contributed by atoms with Gasteiger partial charge in [0.15, 0.2) is 5.60 Å². The van der Waals surface area contributed by atoms with Crippen molar-refractivity contribution in [1.29, 1.82) is 0 Å². The molecule has 1 saturated carbocycles. The van der Waals surface area contributed by atoms with Crippen molar-refractivity contribution < 1.29 is 19.4 Å². The highest BCUT2D eigenvalue weighted by Gasteiger charge is 2.55. The summed E-state index contributed by atoms with van der Waals surface area (Å²) in [5, 5.41) is 16.2. The fourth-order valence-electron chi connectivity index (χ4n) is 4.24. The van der Waals surface area contributed by atoms with E-state index < -0.39 is 11.7 Å². The maximum Gasteiger partial charge on any atom is 0.268 e. The lowest BCUT2D eigenvalue weighted by Gasteiger charge is -2.36. The Hall–Kier alpha value is -2.97. The Balaban J connectivity index is 1.18. The number of carbonyl (C=O) groups excluding carboxylic acids is 2. The number of carbonyl (C=O) groups is 2. The van der Waals surface area contributed by atoms with Crippen molar-refractivity contribution in [2.75, 3.05) is 18.4 Å². The third-order valence-corrected chi connectivity index (χ3v) is 6.54. The van der Waals surface area contributed by atoms with E-state index in [1.807, 2.05) is 13.0 Å². The Kier molecular flexibility index (Phi) is 4.91. The van der Waals surface area contributed by atoms with E-state index in [0.29, 0.717) is 30.0 Å². The fourth-order valence-corrected chi connectivity index (χ4v) is 4.24. The third kappa shape index (κ3) is 3.77. The molecule has 2 aliphatic heterocycles. The molecule has 1 aliphatic carbocycles. The molecule has 162 valence electrons. The predicted molar refractivity (Wildman–Crippen MR) is 114 cm³/mol. The van der Waals surface area contributed by atoms with Gasteiger partial charge in [-0.1, -0.05) is 24.3 Å². The summed E-state index contributed by atoms with van der Waals surface area (Å²) in [5.74, 6) is -0.203. The molecule has 0 radical (unpaired) electrons. The summed E-state index contributed by atoms with van der Waals surface area (Å²) in [7, 11) is 0. The molecule has 5 rings (SSSR count). The van der Waals surface area contributed by atoms with E-state index in [0.717, 1.165) is 19.5 Å². The maximum absolute atomic E-state index is 12.6. The summed E-state index contributed by atoms with van der Waals surface area (Å²) < 4.78 is 5.70. The Labute approximate surface area is 180 Å². The number of aromatic nitrogens is 1. The van der Waals surface area contributed by atoms with Gasteiger partial charge in [0.05, 0.1) is 11.7 Å². The SMILES string of the molecule is C[C@H]([C@@H](O)CNC(=O)c1cnc2c(c1)NC(=O)C1(CC1)O2)N1CCc2ccccc2C1. The van der Waals surface area contributed by atoms with Crippen molar-refractivity contribution in [3.63, 3.8) is 0 Å². The largest absolute Gasteiger partial charge is 0.459 e. The van der Waals surface area contributed by atoms with Crippen LogP contribution in [0.3, 0.4) is 0 Å². The molecule has 1 aromatic carbocycles. The Morgan fingerprint density at radius 1 is 1.35 bits per heavy atom. The number of hydrogen-bond acceptors (Lipinski definition) is 6. The predicted octanol–water partition coefficient (Wildman–Crippen LogP) is 1.48. The van der Waals surface area contributed by atoms with Gasteiger partial charge in [-0.3, -0.25) is 14.5 Å². The van der Waals surface area contributed by atoms with E-state index >= 15 is 0 Å². The lowest BCUT2D eigenvalue weighted by molar-refractivity contribution is -0.125. The number of aliphatic hydroxyl groups excluding tert-OH is 1. The van der Waals surface area contributed by atoms with Gasteiger partial charge in [0.1, 0.15) is 5.69 Å². The minimum atomic E-state index is -0.765. The smallest absolute Gasteiger partial charge is 0.268 e. The zero-order valence-electron chi connectivity index (χ0n) is 17.4. The number of amides is 2. The molecule has 8 heteroatoms. The molecule has 31 heavy (non-hydrogen) atoms. The van der Waals surface area contributed by atoms with Gasteiger partial charge in [-0.05, 0) is 30.5 Å². The van der Waals surface area contributed by atoms with Gasteiger partial charge in [-0.2, -0.15) is 0 Å². The molecule has 8 nitrogen and oxygen atoms in total. The molecular weight excluding hydrogens is 396 g/mol. The minimum absolute atomic E-state index is 0.0993. The lowest BCUT2D eigenvalue weighted by Crippen LogP contribution is -2.48. The molecule has 3 N–H and O–H groups in total. The zero-order valence-corrected chi connectivity index (χ0v) is 17.4. The van der Waals surface area contributed by atoms with Gasteiger partial charge >= 0.3 is 0 Å². The lowest BCUT2D eigenvalue weighted by atomic mass is 9.98. The molecule has 0 bridgehead atoms. The zero-order chi connectivity index (χ0) is 21.6. The number of pyridine rings is 1. The molecule has 0 saturated heterocycles. The molecule has 0 unspecified atom stereocenters. The Bertz CT molecular complexity index is 1040. The summed E-state index contributed by atoms with van der Waals surface area (Å²) in [6.07, 6.45) is 3.04. The Morgan fingerprint density at radius 3 is 2.90 bits per heavy atom. The van der Waals surface area contributed by atoms with Crippen molar-refractivity contribution >= 4 is 17.5 Å². The van der Waals surface area contributed by atoms with Crippen LogP contribution in [0.2, 0.25) is 0 Å². The molecule has 2 aromatic rings. The second kappa shape index (κ2) is 7.62. The highest BCUT2D eigenvalue weighted by Crippen LogP contribution is 2.45. The molecule has 2 atom stereocenters. The standard InChI is InChI=1S/C23H26N4O4/c1-14(27-9-6-15-4-2-3-5-16(15)13-27)19(28)12-24-20(29)17-10-18-21(25-11-17)31-23(7-8-23)22(30)26-18/h2-5,10-11,14,19,28H,6-9,12-13H2,1H3,(H,24,29)(H,26,30)/t14-,19+/m1/s1. The van der Waals surface area contributed by atoms with Crippen LogP contribution in [-0.4, -0.2) is 57.6 Å². The maximum atomic E-state index is 12.6. The summed E-state index contributed by atoms with van der Waals surface area (Å²) in [6, 6.07) is 9.82. The number of nitrogens with one attached hydrogen (secondary N) is 2. The average molecular weight is 422 g/mol. The van der Waals surface area contributed by atoms with E-state index in [2.05, 4.69) is 38.7 Å². The number of hydrogen-bond donors (Lipinski definition) is 3. The van der Waals surface area contributed by atoms with Crippen molar-refractivity contribution in [3.8, 4) is 5.88 Å². The molecule has 1 aromatic heterocycles.